The second-order valence-electron chi connectivity index (χ2n) is 5.72. The van der Waals surface area contributed by atoms with Crippen LogP contribution in [0, 0.1) is 0 Å². The zero-order chi connectivity index (χ0) is 20.0. The molecule has 0 radical (unpaired) electrons. The Bertz CT molecular complexity index is 786. The first-order valence-corrected chi connectivity index (χ1v) is 7.99. The Hall–Kier alpha value is -3.03. The maximum atomic E-state index is 12.5. The predicted molar refractivity (Wildman–Crippen MR) is 92.3 cm³/mol. The van der Waals surface area contributed by atoms with Crippen LogP contribution in [-0.2, 0) is 26.9 Å². The third-order valence-electron chi connectivity index (χ3n) is 3.66. The van der Waals surface area contributed by atoms with Crippen LogP contribution in [0.15, 0.2) is 48.5 Å². The lowest BCUT2D eigenvalue weighted by Crippen LogP contribution is -2.30. The summed E-state index contributed by atoms with van der Waals surface area (Å²) in [7, 11) is 1.53. The van der Waals surface area contributed by atoms with Crippen molar-refractivity contribution in [3.05, 3.63) is 59.7 Å². The fourth-order valence-electron chi connectivity index (χ4n) is 2.19. The van der Waals surface area contributed by atoms with Crippen molar-refractivity contribution in [1.29, 1.82) is 0 Å². The second kappa shape index (κ2) is 8.57. The molecule has 2 aromatic rings. The highest BCUT2D eigenvalue weighted by Crippen LogP contribution is 2.29. The van der Waals surface area contributed by atoms with Crippen LogP contribution in [0.2, 0.25) is 0 Å². The Morgan fingerprint density at radius 3 is 2.15 bits per heavy atom. The maximum absolute atomic E-state index is 12.5. The van der Waals surface area contributed by atoms with E-state index < -0.39 is 29.7 Å². The summed E-state index contributed by atoms with van der Waals surface area (Å²) in [4.78, 5) is 24.0. The van der Waals surface area contributed by atoms with Crippen molar-refractivity contribution in [2.24, 2.45) is 0 Å². The number of hydrogen-bond acceptors (Lipinski definition) is 4. The topological polar surface area (TPSA) is 64.6 Å². The first kappa shape index (κ1) is 20.3. The first-order chi connectivity index (χ1) is 12.7. The molecule has 5 nitrogen and oxygen atoms in total. The number of carbonyl (C=O) groups is 2. The third kappa shape index (κ3) is 6.02. The predicted octanol–water partition coefficient (Wildman–Crippen LogP) is 3.83. The number of halogens is 3. The van der Waals surface area contributed by atoms with E-state index in [0.29, 0.717) is 11.3 Å². The van der Waals surface area contributed by atoms with E-state index >= 15 is 0 Å². The summed E-state index contributed by atoms with van der Waals surface area (Å²) in [5.41, 5.74) is 0.0432. The molecule has 1 amide bonds. The van der Waals surface area contributed by atoms with Gasteiger partial charge in [0, 0.05) is 5.69 Å². The quantitative estimate of drug-likeness (QED) is 0.773. The SMILES string of the molecule is COc1ccc(CC(=O)O[C@@H](C)C(=O)Nc2ccc(C(F)(F)F)cc2)cc1. The van der Waals surface area contributed by atoms with Crippen LogP contribution in [0.25, 0.3) is 0 Å². The molecule has 8 heteroatoms. The van der Waals surface area contributed by atoms with Crippen LogP contribution in [0.3, 0.4) is 0 Å². The molecule has 0 aliphatic rings. The van der Waals surface area contributed by atoms with Gasteiger partial charge in [0.15, 0.2) is 6.10 Å². The molecule has 0 fully saturated rings. The number of ether oxygens (including phenoxy) is 2. The molecule has 27 heavy (non-hydrogen) atoms. The van der Waals surface area contributed by atoms with Crippen LogP contribution in [-0.4, -0.2) is 25.1 Å². The fraction of sp³-hybridized carbons (Fsp3) is 0.263. The Morgan fingerprint density at radius 1 is 1.04 bits per heavy atom. The summed E-state index contributed by atoms with van der Waals surface area (Å²) in [6.07, 6.45) is -5.58. The largest absolute Gasteiger partial charge is 0.497 e. The minimum atomic E-state index is -4.45. The molecule has 0 heterocycles. The molecule has 2 aromatic carbocycles. The zero-order valence-corrected chi connectivity index (χ0v) is 14.7. The second-order valence-corrected chi connectivity index (χ2v) is 5.72. The summed E-state index contributed by atoms with van der Waals surface area (Å²) in [6.45, 7) is 1.38. The summed E-state index contributed by atoms with van der Waals surface area (Å²) in [5, 5.41) is 2.40. The lowest BCUT2D eigenvalue weighted by molar-refractivity contribution is -0.152. The van der Waals surface area contributed by atoms with Crippen molar-refractivity contribution < 1.29 is 32.2 Å². The van der Waals surface area contributed by atoms with E-state index in [-0.39, 0.29) is 12.1 Å². The highest BCUT2D eigenvalue weighted by Gasteiger charge is 2.30. The molecular weight excluding hydrogens is 363 g/mol. The number of hydrogen-bond donors (Lipinski definition) is 1. The van der Waals surface area contributed by atoms with Gasteiger partial charge in [-0.2, -0.15) is 13.2 Å². The van der Waals surface area contributed by atoms with E-state index in [9.17, 15) is 22.8 Å². The van der Waals surface area contributed by atoms with Crippen molar-refractivity contribution in [1.82, 2.24) is 0 Å². The van der Waals surface area contributed by atoms with E-state index in [2.05, 4.69) is 5.32 Å². The van der Waals surface area contributed by atoms with Crippen LogP contribution in [0.5, 0.6) is 5.75 Å². The number of nitrogens with one attached hydrogen (secondary N) is 1. The van der Waals surface area contributed by atoms with Crippen LogP contribution in [0.4, 0.5) is 18.9 Å². The van der Waals surface area contributed by atoms with Gasteiger partial charge in [0.05, 0.1) is 19.1 Å². The lowest BCUT2D eigenvalue weighted by Gasteiger charge is -2.14. The summed E-state index contributed by atoms with van der Waals surface area (Å²) in [6, 6.07) is 10.8. The van der Waals surface area contributed by atoms with Crippen molar-refractivity contribution in [2.75, 3.05) is 12.4 Å². The molecule has 0 bridgehead atoms. The van der Waals surface area contributed by atoms with Gasteiger partial charge in [-0.1, -0.05) is 12.1 Å². The Balaban J connectivity index is 1.87. The van der Waals surface area contributed by atoms with E-state index in [1.54, 1.807) is 24.3 Å². The number of benzene rings is 2. The Morgan fingerprint density at radius 2 is 1.63 bits per heavy atom. The number of alkyl halides is 3. The van der Waals surface area contributed by atoms with E-state index in [1.807, 2.05) is 0 Å². The molecule has 0 aliphatic carbocycles. The van der Waals surface area contributed by atoms with E-state index in [4.69, 9.17) is 9.47 Å². The molecule has 0 saturated heterocycles. The molecule has 2 rings (SSSR count). The zero-order valence-electron chi connectivity index (χ0n) is 14.7. The fourth-order valence-corrected chi connectivity index (χ4v) is 2.19. The normalized spacial score (nSPS) is 12.2. The standard InChI is InChI=1S/C19H18F3NO4/c1-12(27-17(24)11-13-3-9-16(26-2)10-4-13)18(25)23-15-7-5-14(6-8-15)19(20,21)22/h3-10,12H,11H2,1-2H3,(H,23,25)/t12-/m0/s1. The van der Waals surface area contributed by atoms with Gasteiger partial charge in [-0.15, -0.1) is 0 Å². The van der Waals surface area contributed by atoms with Gasteiger partial charge in [-0.05, 0) is 48.9 Å². The van der Waals surface area contributed by atoms with Crippen molar-refractivity contribution in [3.63, 3.8) is 0 Å². The van der Waals surface area contributed by atoms with Gasteiger partial charge in [0.2, 0.25) is 0 Å². The van der Waals surface area contributed by atoms with Gasteiger partial charge < -0.3 is 14.8 Å². The third-order valence-corrected chi connectivity index (χ3v) is 3.66. The van der Waals surface area contributed by atoms with Gasteiger partial charge in [0.25, 0.3) is 5.91 Å². The monoisotopic (exact) mass is 381 g/mol. The minimum absolute atomic E-state index is 0.0259. The first-order valence-electron chi connectivity index (χ1n) is 7.99. The van der Waals surface area contributed by atoms with Gasteiger partial charge in [-0.3, -0.25) is 9.59 Å². The maximum Gasteiger partial charge on any atom is 0.416 e. The molecule has 0 aliphatic heterocycles. The summed E-state index contributed by atoms with van der Waals surface area (Å²) >= 11 is 0. The number of rotatable bonds is 6. The average molecular weight is 381 g/mol. The Labute approximate surface area is 154 Å². The molecule has 0 spiro atoms. The number of amides is 1. The summed E-state index contributed by atoms with van der Waals surface area (Å²) in [5.74, 6) is -0.593. The molecule has 0 saturated carbocycles. The molecule has 0 unspecified atom stereocenters. The molecule has 0 aromatic heterocycles. The van der Waals surface area contributed by atoms with Gasteiger partial charge in [0.1, 0.15) is 5.75 Å². The molecule has 1 N–H and O–H groups in total. The van der Waals surface area contributed by atoms with E-state index in [0.717, 1.165) is 24.3 Å². The number of anilines is 1. The van der Waals surface area contributed by atoms with Crippen LogP contribution < -0.4 is 10.1 Å². The average Bonchev–Trinajstić information content (AvgIpc) is 2.62. The molecule has 144 valence electrons. The number of methoxy groups -OCH3 is 1. The summed E-state index contributed by atoms with van der Waals surface area (Å²) < 4.78 is 47.7. The van der Waals surface area contributed by atoms with Crippen molar-refractivity contribution in [2.45, 2.75) is 25.6 Å². The highest BCUT2D eigenvalue weighted by atomic mass is 19.4. The number of carbonyl (C=O) groups excluding carboxylic acids is 2. The van der Waals surface area contributed by atoms with Crippen LogP contribution in [0.1, 0.15) is 18.1 Å². The lowest BCUT2D eigenvalue weighted by atomic mass is 10.1. The molecule has 1 atom stereocenters. The molecular formula is C19H18F3NO4. The minimum Gasteiger partial charge on any atom is -0.497 e. The van der Waals surface area contributed by atoms with E-state index in [1.165, 1.54) is 14.0 Å². The highest BCUT2D eigenvalue weighted by molar-refractivity contribution is 5.95. The van der Waals surface area contributed by atoms with Crippen molar-refractivity contribution in [3.8, 4) is 5.75 Å². The van der Waals surface area contributed by atoms with Crippen LogP contribution >= 0.6 is 0 Å². The Kier molecular flexibility index (Phi) is 6.44. The smallest absolute Gasteiger partial charge is 0.416 e. The van der Waals surface area contributed by atoms with Gasteiger partial charge >= 0.3 is 12.1 Å². The van der Waals surface area contributed by atoms with Gasteiger partial charge in [-0.25, -0.2) is 0 Å². The van der Waals surface area contributed by atoms with Crippen molar-refractivity contribution >= 4 is 17.6 Å². The number of esters is 1.